The van der Waals surface area contributed by atoms with Crippen molar-refractivity contribution >= 4 is 17.9 Å². The normalized spacial score (nSPS) is 13.4. The van der Waals surface area contributed by atoms with Gasteiger partial charge in [-0.25, -0.2) is 4.79 Å². The minimum absolute atomic E-state index is 0.183. The molecule has 0 fully saturated rings. The molecule has 0 heterocycles. The van der Waals surface area contributed by atoms with E-state index >= 15 is 0 Å². The number of hydrogen-bond donors (Lipinski definition) is 1. The third kappa shape index (κ3) is 65.3. The van der Waals surface area contributed by atoms with E-state index < -0.39 is 24.3 Å². The summed E-state index contributed by atoms with van der Waals surface area (Å²) >= 11 is 0. The van der Waals surface area contributed by atoms with E-state index in [-0.39, 0.29) is 38.6 Å². The van der Waals surface area contributed by atoms with Crippen LogP contribution in [0.4, 0.5) is 0 Å². The second-order valence-corrected chi connectivity index (χ2v) is 23.7. The van der Waals surface area contributed by atoms with Gasteiger partial charge in [0.2, 0.25) is 0 Å². The number of unbranched alkanes of at least 4 members (excludes halogenated alkanes) is 29. The quantitative estimate of drug-likeness (QED) is 0.0211. The van der Waals surface area contributed by atoms with Crippen LogP contribution in [0.15, 0.2) is 109 Å². The van der Waals surface area contributed by atoms with Crippen molar-refractivity contribution in [1.29, 1.82) is 0 Å². The van der Waals surface area contributed by atoms with E-state index in [2.05, 4.69) is 123 Å². The van der Waals surface area contributed by atoms with Crippen LogP contribution in [0.25, 0.3) is 0 Å². The third-order valence-electron chi connectivity index (χ3n) is 14.5. The maximum absolute atomic E-state index is 12.9. The predicted molar refractivity (Wildman–Crippen MR) is 355 cm³/mol. The fourth-order valence-electron chi connectivity index (χ4n) is 9.32. The van der Waals surface area contributed by atoms with E-state index in [1.807, 2.05) is 21.1 Å². The van der Waals surface area contributed by atoms with Crippen molar-refractivity contribution in [2.45, 2.75) is 296 Å². The molecule has 0 aromatic carbocycles. The van der Waals surface area contributed by atoms with Crippen LogP contribution < -0.4 is 0 Å². The molecule has 0 saturated heterocycles. The first-order valence-electron chi connectivity index (χ1n) is 34.1. The fraction of sp³-hybridized carbons (Fsp3) is 0.716. The Kier molecular flexibility index (Phi) is 60.8. The zero-order valence-corrected chi connectivity index (χ0v) is 54.3. The molecule has 9 heteroatoms. The first-order chi connectivity index (χ1) is 40.6. The van der Waals surface area contributed by atoms with Gasteiger partial charge in [-0.2, -0.15) is 0 Å². The first kappa shape index (κ1) is 79.0. The predicted octanol–water partition coefficient (Wildman–Crippen LogP) is 21.0. The molecule has 0 rings (SSSR count). The molecule has 0 amide bonds. The molecule has 1 N–H and O–H groups in total. The van der Waals surface area contributed by atoms with Gasteiger partial charge in [-0.05, 0) is 103 Å². The van der Waals surface area contributed by atoms with Crippen LogP contribution in [-0.4, -0.2) is 87.4 Å². The van der Waals surface area contributed by atoms with Gasteiger partial charge < -0.3 is 28.5 Å². The van der Waals surface area contributed by atoms with Crippen LogP contribution in [0.1, 0.15) is 284 Å². The lowest BCUT2D eigenvalue weighted by Gasteiger charge is -2.25. The van der Waals surface area contributed by atoms with Gasteiger partial charge in [0.1, 0.15) is 13.2 Å². The molecule has 0 aliphatic carbocycles. The van der Waals surface area contributed by atoms with Crippen molar-refractivity contribution in [3.05, 3.63) is 109 Å². The Morgan fingerprint density at radius 2 is 0.687 bits per heavy atom. The summed E-state index contributed by atoms with van der Waals surface area (Å²) in [5.41, 5.74) is 0. The largest absolute Gasteiger partial charge is 0.477 e. The standard InChI is InChI=1S/C74H127NO8/c1-6-8-10-12-14-16-18-20-22-24-26-27-28-29-30-31-32-33-34-35-36-37-38-39-40-41-42-43-44-45-47-49-51-53-55-57-59-61-63-65-72(77)83-70(69-82-74(73(78)79)80-67-66-75(3,4)5)68-81-71(76)64-62-60-58-56-54-52-50-48-46-25-23-21-19-17-15-13-11-9-7-2/h8,10,14-17,20-23,26-27,29-30,32-33,46,48,70,74H,6-7,9,11-13,18-19,24-25,28,31,34-45,47,49-69H2,1-5H3/p+1/b10-8-,16-14-,17-15-,22-20-,23-21-,27-26-,30-29-,33-32-,48-46-. The highest BCUT2D eigenvalue weighted by Gasteiger charge is 2.25. The summed E-state index contributed by atoms with van der Waals surface area (Å²) in [4.78, 5) is 37.5. The molecular weight excluding hydrogens is 1030 g/mol. The lowest BCUT2D eigenvalue weighted by Crippen LogP contribution is -2.40. The zero-order valence-electron chi connectivity index (χ0n) is 54.3. The van der Waals surface area contributed by atoms with Gasteiger partial charge >= 0.3 is 17.9 Å². The van der Waals surface area contributed by atoms with E-state index in [0.717, 1.165) is 103 Å². The summed E-state index contributed by atoms with van der Waals surface area (Å²) in [6.45, 7) is 4.74. The van der Waals surface area contributed by atoms with Crippen molar-refractivity contribution < 1.29 is 42.9 Å². The summed E-state index contributed by atoms with van der Waals surface area (Å²) in [5, 5.41) is 9.73. The molecule has 0 radical (unpaired) electrons. The average molecular weight is 1160 g/mol. The summed E-state index contributed by atoms with van der Waals surface area (Å²) in [6, 6.07) is 0. The number of esters is 2. The SMILES string of the molecule is CC/C=C\C/C=C\C/C=C\C/C=C\C/C=C\C/C=C\CCCCCCCCCCCCCCCCCCCCCCC(=O)OC(COC(=O)CCCCCCCC/C=C\C/C=C\C/C=C\CCCCC)COC(OCC[N+](C)(C)C)C(=O)O. The molecule has 0 bridgehead atoms. The Bertz CT molecular complexity index is 1730. The lowest BCUT2D eigenvalue weighted by molar-refractivity contribution is -0.870. The minimum Gasteiger partial charge on any atom is -0.477 e. The Hall–Kier alpha value is -4.05. The number of carbonyl (C=O) groups excluding carboxylic acids is 2. The van der Waals surface area contributed by atoms with E-state index in [1.165, 1.54) is 154 Å². The molecule has 0 spiro atoms. The maximum atomic E-state index is 12.9. The molecule has 9 nitrogen and oxygen atoms in total. The van der Waals surface area contributed by atoms with Crippen molar-refractivity contribution in [2.24, 2.45) is 0 Å². The van der Waals surface area contributed by atoms with Gasteiger partial charge in [0.05, 0.1) is 34.4 Å². The lowest BCUT2D eigenvalue weighted by atomic mass is 10.0. The number of hydrogen-bond acceptors (Lipinski definition) is 7. The minimum atomic E-state index is -1.52. The number of carboxylic acids is 1. The number of allylic oxidation sites excluding steroid dienone is 18. The number of likely N-dealkylation sites (N-methyl/N-ethyl adjacent to an activating group) is 1. The topological polar surface area (TPSA) is 108 Å². The number of rotatable bonds is 62. The van der Waals surface area contributed by atoms with E-state index in [1.54, 1.807) is 0 Å². The van der Waals surface area contributed by atoms with Gasteiger partial charge in [0.15, 0.2) is 6.10 Å². The van der Waals surface area contributed by atoms with Gasteiger partial charge in [0.25, 0.3) is 6.29 Å². The van der Waals surface area contributed by atoms with Gasteiger partial charge in [0, 0.05) is 12.8 Å². The smallest absolute Gasteiger partial charge is 0.361 e. The number of carbonyl (C=O) groups is 3. The highest BCUT2D eigenvalue weighted by atomic mass is 16.7. The zero-order chi connectivity index (χ0) is 60.5. The van der Waals surface area contributed by atoms with Crippen LogP contribution in [0.5, 0.6) is 0 Å². The molecule has 2 unspecified atom stereocenters. The highest BCUT2D eigenvalue weighted by molar-refractivity contribution is 5.71. The second-order valence-electron chi connectivity index (χ2n) is 23.7. The molecule has 476 valence electrons. The molecule has 83 heavy (non-hydrogen) atoms. The van der Waals surface area contributed by atoms with Crippen LogP contribution in [0, 0.1) is 0 Å². The van der Waals surface area contributed by atoms with Crippen LogP contribution >= 0.6 is 0 Å². The van der Waals surface area contributed by atoms with Crippen molar-refractivity contribution in [3.63, 3.8) is 0 Å². The van der Waals surface area contributed by atoms with Crippen molar-refractivity contribution in [2.75, 3.05) is 47.5 Å². The monoisotopic (exact) mass is 1160 g/mol. The van der Waals surface area contributed by atoms with Crippen LogP contribution in [-0.2, 0) is 33.3 Å². The average Bonchev–Trinajstić information content (AvgIpc) is 3.46. The van der Waals surface area contributed by atoms with E-state index in [0.29, 0.717) is 11.0 Å². The fourth-order valence-corrected chi connectivity index (χ4v) is 9.32. The molecule has 0 saturated carbocycles. The van der Waals surface area contributed by atoms with E-state index in [4.69, 9.17) is 18.9 Å². The Morgan fingerprint density at radius 3 is 1.02 bits per heavy atom. The summed E-state index contributed by atoms with van der Waals surface area (Å²) in [7, 11) is 5.97. The number of ether oxygens (including phenoxy) is 4. The van der Waals surface area contributed by atoms with Gasteiger partial charge in [-0.3, -0.25) is 9.59 Å². The van der Waals surface area contributed by atoms with Crippen molar-refractivity contribution in [3.8, 4) is 0 Å². The Labute approximate surface area is 511 Å². The number of carboxylic acid groups (broad SMARTS) is 1. The summed E-state index contributed by atoms with van der Waals surface area (Å²) in [6.07, 6.45) is 86.3. The Balaban J connectivity index is 4.06. The number of aliphatic carboxylic acids is 1. The highest BCUT2D eigenvalue weighted by Crippen LogP contribution is 2.17. The molecule has 2 atom stereocenters. The van der Waals surface area contributed by atoms with Crippen molar-refractivity contribution in [1.82, 2.24) is 0 Å². The van der Waals surface area contributed by atoms with Gasteiger partial charge in [-0.1, -0.05) is 277 Å². The van der Waals surface area contributed by atoms with Crippen LogP contribution in [0.3, 0.4) is 0 Å². The molecule has 0 aromatic rings. The van der Waals surface area contributed by atoms with Gasteiger partial charge in [-0.15, -0.1) is 0 Å². The molecule has 0 aromatic heterocycles. The molecule has 0 aliphatic heterocycles. The van der Waals surface area contributed by atoms with E-state index in [9.17, 15) is 19.5 Å². The third-order valence-corrected chi connectivity index (χ3v) is 14.5. The first-order valence-corrected chi connectivity index (χ1v) is 34.1. The van der Waals surface area contributed by atoms with Crippen LogP contribution in [0.2, 0.25) is 0 Å². The second kappa shape index (κ2) is 64.0. The summed E-state index contributed by atoms with van der Waals surface area (Å²) < 4.78 is 22.9. The number of quaternary nitrogens is 1. The molecular formula is C74H128NO8+. The maximum Gasteiger partial charge on any atom is 0.361 e. The number of nitrogens with zero attached hydrogens (tertiary/aromatic N) is 1. The molecule has 0 aliphatic rings. The Morgan fingerprint density at radius 1 is 0.373 bits per heavy atom. The summed E-state index contributed by atoms with van der Waals surface area (Å²) in [5.74, 6) is -2.02.